The summed E-state index contributed by atoms with van der Waals surface area (Å²) in [7, 11) is 3.18. The first kappa shape index (κ1) is 24.7. The van der Waals surface area contributed by atoms with Crippen molar-refractivity contribution >= 4 is 17.9 Å². The van der Waals surface area contributed by atoms with Gasteiger partial charge in [-0.3, -0.25) is 14.6 Å². The Morgan fingerprint density at radius 2 is 1.97 bits per heavy atom. The number of carbonyl (C=O) groups excluding carboxylic acids is 3. The molecule has 2 aliphatic rings. The van der Waals surface area contributed by atoms with Gasteiger partial charge in [-0.15, -0.1) is 0 Å². The zero-order valence-electron chi connectivity index (χ0n) is 19.9. The highest BCUT2D eigenvalue weighted by atomic mass is 16.5. The van der Waals surface area contributed by atoms with Crippen LogP contribution in [0.2, 0.25) is 0 Å². The van der Waals surface area contributed by atoms with E-state index in [0.717, 1.165) is 24.1 Å². The summed E-state index contributed by atoms with van der Waals surface area (Å²) in [5.41, 5.74) is 2.95. The number of nitrogens with zero attached hydrogens (tertiary/aromatic N) is 3. The second-order valence-electron chi connectivity index (χ2n) is 8.38. The largest absolute Gasteiger partial charge is 0.463 e. The molecule has 0 aromatic heterocycles. The fourth-order valence-electron chi connectivity index (χ4n) is 4.30. The second kappa shape index (κ2) is 11.3. The maximum absolute atomic E-state index is 13.1. The highest BCUT2D eigenvalue weighted by Gasteiger charge is 2.37. The molecule has 1 aromatic carbocycles. The molecule has 3 amide bonds. The summed E-state index contributed by atoms with van der Waals surface area (Å²) in [4.78, 5) is 43.7. The number of hydrogen-bond acceptors (Lipinski definition) is 6. The van der Waals surface area contributed by atoms with Gasteiger partial charge < -0.3 is 19.7 Å². The number of nitrogens with one attached hydrogen (secondary N) is 1. The molecule has 1 atom stereocenters. The normalized spacial score (nSPS) is 19.9. The highest BCUT2D eigenvalue weighted by molar-refractivity contribution is 5.95. The van der Waals surface area contributed by atoms with Gasteiger partial charge in [0.25, 0.3) is 0 Å². The Balaban J connectivity index is 1.92. The van der Waals surface area contributed by atoms with E-state index in [4.69, 9.17) is 9.47 Å². The molecule has 0 aliphatic carbocycles. The summed E-state index contributed by atoms with van der Waals surface area (Å²) >= 11 is 0. The number of likely N-dealkylation sites (N-methyl/N-ethyl adjacent to an activating group) is 1. The van der Waals surface area contributed by atoms with Gasteiger partial charge in [0.15, 0.2) is 0 Å². The van der Waals surface area contributed by atoms with Crippen molar-refractivity contribution in [2.75, 3.05) is 60.1 Å². The average molecular weight is 459 g/mol. The lowest BCUT2D eigenvalue weighted by Crippen LogP contribution is -2.49. The molecule has 9 heteroatoms. The number of hydrogen-bond donors (Lipinski definition) is 1. The van der Waals surface area contributed by atoms with E-state index < -0.39 is 12.0 Å². The molecule has 33 heavy (non-hydrogen) atoms. The van der Waals surface area contributed by atoms with Crippen LogP contribution in [0.15, 0.2) is 35.5 Å². The summed E-state index contributed by atoms with van der Waals surface area (Å²) in [6.07, 6.45) is 0.800. The van der Waals surface area contributed by atoms with Crippen molar-refractivity contribution in [2.24, 2.45) is 0 Å². The van der Waals surface area contributed by atoms with Crippen LogP contribution in [0, 0.1) is 6.92 Å². The Bertz CT molecular complexity index is 916. The second-order valence-corrected chi connectivity index (χ2v) is 8.38. The van der Waals surface area contributed by atoms with Gasteiger partial charge in [-0.1, -0.05) is 29.8 Å². The van der Waals surface area contributed by atoms with Crippen LogP contribution >= 0.6 is 0 Å². The first-order chi connectivity index (χ1) is 15.8. The number of benzene rings is 1. The predicted octanol–water partition coefficient (Wildman–Crippen LogP) is 1.69. The first-order valence-corrected chi connectivity index (χ1v) is 11.4. The van der Waals surface area contributed by atoms with E-state index in [0.29, 0.717) is 37.4 Å². The molecular weight excluding hydrogens is 424 g/mol. The van der Waals surface area contributed by atoms with Crippen LogP contribution in [0.1, 0.15) is 30.5 Å². The van der Waals surface area contributed by atoms with Gasteiger partial charge in [0.1, 0.15) is 6.61 Å². The van der Waals surface area contributed by atoms with Gasteiger partial charge >= 0.3 is 12.0 Å². The summed E-state index contributed by atoms with van der Waals surface area (Å²) in [6, 6.07) is 6.91. The van der Waals surface area contributed by atoms with Crippen molar-refractivity contribution in [3.05, 3.63) is 46.7 Å². The average Bonchev–Trinajstić information content (AvgIpc) is 3.02. The van der Waals surface area contributed by atoms with Crippen molar-refractivity contribution in [1.82, 2.24) is 20.0 Å². The fourth-order valence-corrected chi connectivity index (χ4v) is 4.30. The van der Waals surface area contributed by atoms with E-state index in [1.165, 1.54) is 12.0 Å². The van der Waals surface area contributed by atoms with Crippen molar-refractivity contribution in [2.45, 2.75) is 26.3 Å². The number of esters is 1. The standard InChI is InChI=1S/C24H34N4O5/c1-5-33-23(30)21-19(15-27-10-7-11-28(13-12-27)20(29)16-32-4)26(3)24(31)25-22(21)18-9-6-8-17(2)14-18/h6,8-9,14,22H,5,7,10-13,15-16H2,1-4H3,(H,25,31). The number of amides is 3. The lowest BCUT2D eigenvalue weighted by atomic mass is 9.93. The van der Waals surface area contributed by atoms with E-state index in [-0.39, 0.29) is 25.2 Å². The Morgan fingerprint density at radius 1 is 1.18 bits per heavy atom. The lowest BCUT2D eigenvalue weighted by Gasteiger charge is -2.36. The van der Waals surface area contributed by atoms with Crippen LogP contribution in [0.3, 0.4) is 0 Å². The number of rotatable bonds is 7. The van der Waals surface area contributed by atoms with Crippen LogP contribution in [-0.4, -0.2) is 92.7 Å². The zero-order chi connectivity index (χ0) is 24.0. The van der Waals surface area contributed by atoms with Gasteiger partial charge in [-0.05, 0) is 25.8 Å². The molecule has 2 heterocycles. The molecule has 1 unspecified atom stereocenters. The summed E-state index contributed by atoms with van der Waals surface area (Å²) in [5.74, 6) is -0.461. The van der Waals surface area contributed by atoms with E-state index in [1.54, 1.807) is 18.9 Å². The smallest absolute Gasteiger partial charge is 0.338 e. The zero-order valence-corrected chi connectivity index (χ0v) is 19.9. The number of urea groups is 1. The minimum Gasteiger partial charge on any atom is -0.463 e. The Kier molecular flexibility index (Phi) is 8.46. The molecule has 9 nitrogen and oxygen atoms in total. The van der Waals surface area contributed by atoms with Crippen molar-refractivity contribution in [1.29, 1.82) is 0 Å². The maximum atomic E-state index is 13.1. The molecule has 1 aromatic rings. The van der Waals surface area contributed by atoms with Gasteiger partial charge in [-0.2, -0.15) is 0 Å². The van der Waals surface area contributed by atoms with E-state index in [9.17, 15) is 14.4 Å². The van der Waals surface area contributed by atoms with Gasteiger partial charge in [0.2, 0.25) is 5.91 Å². The molecule has 1 saturated heterocycles. The third kappa shape index (κ3) is 5.91. The van der Waals surface area contributed by atoms with E-state index >= 15 is 0 Å². The highest BCUT2D eigenvalue weighted by Crippen LogP contribution is 2.32. The monoisotopic (exact) mass is 458 g/mol. The molecule has 0 radical (unpaired) electrons. The maximum Gasteiger partial charge on any atom is 0.338 e. The molecular formula is C24H34N4O5. The molecule has 0 saturated carbocycles. The predicted molar refractivity (Wildman–Crippen MR) is 123 cm³/mol. The lowest BCUT2D eigenvalue weighted by molar-refractivity contribution is -0.139. The third-order valence-electron chi connectivity index (χ3n) is 6.03. The van der Waals surface area contributed by atoms with Gasteiger partial charge in [0, 0.05) is 52.6 Å². The van der Waals surface area contributed by atoms with Crippen LogP contribution in [-0.2, 0) is 19.1 Å². The molecule has 0 bridgehead atoms. The van der Waals surface area contributed by atoms with Crippen molar-refractivity contribution in [3.8, 4) is 0 Å². The quantitative estimate of drug-likeness (QED) is 0.626. The Hall–Kier alpha value is -2.91. The summed E-state index contributed by atoms with van der Waals surface area (Å²) < 4.78 is 10.4. The van der Waals surface area contributed by atoms with Crippen LogP contribution in [0.4, 0.5) is 4.79 Å². The van der Waals surface area contributed by atoms with Gasteiger partial charge in [-0.25, -0.2) is 9.59 Å². The topological polar surface area (TPSA) is 91.4 Å². The SMILES string of the molecule is CCOC(=O)C1=C(CN2CCCN(C(=O)COC)CC2)N(C)C(=O)NC1c1cccc(C)c1. The molecule has 0 spiro atoms. The van der Waals surface area contributed by atoms with Crippen molar-refractivity contribution in [3.63, 3.8) is 0 Å². The summed E-state index contributed by atoms with van der Waals surface area (Å²) in [6.45, 7) is 7.08. The summed E-state index contributed by atoms with van der Waals surface area (Å²) in [5, 5.41) is 2.96. The van der Waals surface area contributed by atoms with E-state index in [2.05, 4.69) is 10.2 Å². The van der Waals surface area contributed by atoms with Crippen LogP contribution in [0.25, 0.3) is 0 Å². The molecule has 3 rings (SSSR count). The minimum absolute atomic E-state index is 0.0283. The van der Waals surface area contributed by atoms with Gasteiger partial charge in [0.05, 0.1) is 18.2 Å². The van der Waals surface area contributed by atoms with E-state index in [1.807, 2.05) is 31.2 Å². The number of ether oxygens (including phenoxy) is 2. The third-order valence-corrected chi connectivity index (χ3v) is 6.03. The number of carbonyl (C=O) groups is 3. The Labute approximate surface area is 195 Å². The fraction of sp³-hybridized carbons (Fsp3) is 0.542. The molecule has 2 aliphatic heterocycles. The number of methoxy groups -OCH3 is 1. The van der Waals surface area contributed by atoms with Crippen LogP contribution in [0.5, 0.6) is 0 Å². The van der Waals surface area contributed by atoms with Crippen molar-refractivity contribution < 1.29 is 23.9 Å². The molecule has 1 N–H and O–H groups in total. The Morgan fingerprint density at radius 3 is 2.67 bits per heavy atom. The van der Waals surface area contributed by atoms with Crippen LogP contribution < -0.4 is 5.32 Å². The minimum atomic E-state index is -0.589. The number of aryl methyl sites for hydroxylation is 1. The first-order valence-electron chi connectivity index (χ1n) is 11.4. The molecule has 180 valence electrons. The molecule has 1 fully saturated rings.